The highest BCUT2D eigenvalue weighted by molar-refractivity contribution is 5.81. The van der Waals surface area contributed by atoms with Gasteiger partial charge >= 0.3 is 0 Å². The van der Waals surface area contributed by atoms with E-state index in [1.165, 1.54) is 12.1 Å². The van der Waals surface area contributed by atoms with Crippen molar-refractivity contribution in [2.75, 3.05) is 11.9 Å². The quantitative estimate of drug-likeness (QED) is 0.613. The molecule has 1 fully saturated rings. The summed E-state index contributed by atoms with van der Waals surface area (Å²) in [4.78, 5) is 21.7. The fraction of sp³-hybridized carbons (Fsp3) is 0.417. The molecule has 6 heteroatoms. The third kappa shape index (κ3) is 3.19. The summed E-state index contributed by atoms with van der Waals surface area (Å²) >= 11 is 0. The Labute approximate surface area is 105 Å². The van der Waals surface area contributed by atoms with E-state index in [4.69, 9.17) is 0 Å². The lowest BCUT2D eigenvalue weighted by atomic mass is 10.2. The van der Waals surface area contributed by atoms with Crippen molar-refractivity contribution in [2.45, 2.75) is 25.8 Å². The first kappa shape index (κ1) is 12.3. The molecule has 2 N–H and O–H groups in total. The van der Waals surface area contributed by atoms with E-state index < -0.39 is 4.92 Å². The summed E-state index contributed by atoms with van der Waals surface area (Å²) in [6.07, 6.45) is 2.09. The zero-order chi connectivity index (χ0) is 13.1. The minimum Gasteiger partial charge on any atom is -0.376 e. The first-order valence-electron chi connectivity index (χ1n) is 5.84. The largest absolute Gasteiger partial charge is 0.376 e. The van der Waals surface area contributed by atoms with E-state index in [9.17, 15) is 14.9 Å². The number of benzene rings is 1. The van der Waals surface area contributed by atoms with Crippen molar-refractivity contribution in [3.8, 4) is 0 Å². The molecule has 1 saturated carbocycles. The molecule has 0 bridgehead atoms. The molecular formula is C12H15N3O3. The van der Waals surface area contributed by atoms with Crippen LogP contribution in [0.5, 0.6) is 0 Å². The van der Waals surface area contributed by atoms with E-state index in [0.717, 1.165) is 18.4 Å². The number of nitro groups is 1. The molecule has 1 amide bonds. The average molecular weight is 249 g/mol. The van der Waals surface area contributed by atoms with Gasteiger partial charge in [0.25, 0.3) is 5.69 Å². The zero-order valence-corrected chi connectivity index (χ0v) is 10.1. The molecular weight excluding hydrogens is 234 g/mol. The molecule has 0 aliphatic heterocycles. The third-order valence-electron chi connectivity index (χ3n) is 2.81. The molecule has 0 atom stereocenters. The van der Waals surface area contributed by atoms with Gasteiger partial charge in [-0.3, -0.25) is 14.9 Å². The number of carbonyl (C=O) groups is 1. The highest BCUT2D eigenvalue weighted by Gasteiger charge is 2.22. The van der Waals surface area contributed by atoms with Crippen molar-refractivity contribution in [1.29, 1.82) is 0 Å². The summed E-state index contributed by atoms with van der Waals surface area (Å²) < 4.78 is 0. The van der Waals surface area contributed by atoms with E-state index in [-0.39, 0.29) is 18.1 Å². The Morgan fingerprint density at radius 1 is 1.50 bits per heavy atom. The standard InChI is InChI=1S/C12H15N3O3/c1-8-2-5-10(15(17)18)6-11(8)13-7-12(16)14-9-3-4-9/h2,5-6,9,13H,3-4,7H2,1H3,(H,14,16). The third-order valence-corrected chi connectivity index (χ3v) is 2.81. The van der Waals surface area contributed by atoms with Crippen LogP contribution in [0.25, 0.3) is 0 Å². The second kappa shape index (κ2) is 5.03. The van der Waals surface area contributed by atoms with Gasteiger partial charge in [0, 0.05) is 23.9 Å². The highest BCUT2D eigenvalue weighted by atomic mass is 16.6. The molecule has 18 heavy (non-hydrogen) atoms. The predicted octanol–water partition coefficient (Wildman–Crippen LogP) is 1.59. The van der Waals surface area contributed by atoms with Crippen molar-refractivity contribution in [1.82, 2.24) is 5.32 Å². The molecule has 1 aromatic rings. The summed E-state index contributed by atoms with van der Waals surface area (Å²) in [5.74, 6) is -0.0802. The highest BCUT2D eigenvalue weighted by Crippen LogP contribution is 2.22. The van der Waals surface area contributed by atoms with Crippen LogP contribution in [-0.2, 0) is 4.79 Å². The summed E-state index contributed by atoms with van der Waals surface area (Å²) in [6.45, 7) is 1.98. The molecule has 6 nitrogen and oxygen atoms in total. The number of anilines is 1. The zero-order valence-electron chi connectivity index (χ0n) is 10.1. The van der Waals surface area contributed by atoms with Gasteiger partial charge in [0.15, 0.2) is 0 Å². The van der Waals surface area contributed by atoms with Gasteiger partial charge in [-0.2, -0.15) is 0 Å². The van der Waals surface area contributed by atoms with Gasteiger partial charge in [-0.1, -0.05) is 6.07 Å². The molecule has 1 aliphatic rings. The molecule has 1 aliphatic carbocycles. The smallest absolute Gasteiger partial charge is 0.271 e. The number of nitrogens with zero attached hydrogens (tertiary/aromatic N) is 1. The maximum atomic E-state index is 11.5. The van der Waals surface area contributed by atoms with E-state index >= 15 is 0 Å². The van der Waals surface area contributed by atoms with E-state index in [2.05, 4.69) is 10.6 Å². The van der Waals surface area contributed by atoms with Crippen molar-refractivity contribution in [3.63, 3.8) is 0 Å². The predicted molar refractivity (Wildman–Crippen MR) is 67.5 cm³/mol. The number of rotatable bonds is 5. The Bertz CT molecular complexity index is 483. The topological polar surface area (TPSA) is 84.3 Å². The van der Waals surface area contributed by atoms with Gasteiger partial charge in [-0.25, -0.2) is 0 Å². The average Bonchev–Trinajstić information content (AvgIpc) is 3.11. The van der Waals surface area contributed by atoms with Crippen LogP contribution in [0.1, 0.15) is 18.4 Å². The van der Waals surface area contributed by atoms with Gasteiger partial charge in [0.1, 0.15) is 0 Å². The summed E-state index contributed by atoms with van der Waals surface area (Å²) in [5, 5.41) is 16.4. The number of aryl methyl sites for hydroxylation is 1. The molecule has 0 saturated heterocycles. The first-order valence-corrected chi connectivity index (χ1v) is 5.84. The minimum atomic E-state index is -0.450. The number of hydrogen-bond acceptors (Lipinski definition) is 4. The fourth-order valence-electron chi connectivity index (χ4n) is 1.60. The normalized spacial score (nSPS) is 14.1. The summed E-state index contributed by atoms with van der Waals surface area (Å²) in [7, 11) is 0. The number of nitro benzene ring substituents is 1. The lowest BCUT2D eigenvalue weighted by Gasteiger charge is -2.09. The molecule has 0 radical (unpaired) electrons. The Balaban J connectivity index is 1.96. The van der Waals surface area contributed by atoms with E-state index in [1.54, 1.807) is 6.07 Å². The number of nitrogens with one attached hydrogen (secondary N) is 2. The lowest BCUT2D eigenvalue weighted by Crippen LogP contribution is -2.31. The van der Waals surface area contributed by atoms with Crippen molar-refractivity contribution >= 4 is 17.3 Å². The van der Waals surface area contributed by atoms with Crippen LogP contribution in [-0.4, -0.2) is 23.4 Å². The second-order valence-corrected chi connectivity index (χ2v) is 4.45. The summed E-state index contributed by atoms with van der Waals surface area (Å²) in [6, 6.07) is 4.88. The molecule has 1 aromatic carbocycles. The van der Waals surface area contributed by atoms with Crippen LogP contribution in [0.15, 0.2) is 18.2 Å². The van der Waals surface area contributed by atoms with Gasteiger partial charge < -0.3 is 10.6 Å². The molecule has 96 valence electrons. The van der Waals surface area contributed by atoms with E-state index in [1.807, 2.05) is 6.92 Å². The monoisotopic (exact) mass is 249 g/mol. The van der Waals surface area contributed by atoms with Crippen LogP contribution in [0.3, 0.4) is 0 Å². The van der Waals surface area contributed by atoms with Crippen LogP contribution >= 0.6 is 0 Å². The number of non-ortho nitro benzene ring substituents is 1. The molecule has 0 spiro atoms. The Morgan fingerprint density at radius 3 is 2.83 bits per heavy atom. The Hall–Kier alpha value is -2.11. The Morgan fingerprint density at radius 2 is 2.22 bits per heavy atom. The Kier molecular flexibility index (Phi) is 3.45. The van der Waals surface area contributed by atoms with Gasteiger partial charge in [-0.15, -0.1) is 0 Å². The SMILES string of the molecule is Cc1ccc([N+](=O)[O-])cc1NCC(=O)NC1CC1. The van der Waals surface area contributed by atoms with Crippen LogP contribution in [0.2, 0.25) is 0 Å². The fourth-order valence-corrected chi connectivity index (χ4v) is 1.60. The number of carbonyl (C=O) groups excluding carboxylic acids is 1. The van der Waals surface area contributed by atoms with Crippen LogP contribution in [0.4, 0.5) is 11.4 Å². The van der Waals surface area contributed by atoms with Gasteiger partial charge in [0.2, 0.25) is 5.91 Å². The number of amides is 1. The van der Waals surface area contributed by atoms with Gasteiger partial charge in [-0.05, 0) is 25.3 Å². The van der Waals surface area contributed by atoms with E-state index in [0.29, 0.717) is 11.7 Å². The maximum Gasteiger partial charge on any atom is 0.271 e. The van der Waals surface area contributed by atoms with Crippen LogP contribution < -0.4 is 10.6 Å². The van der Waals surface area contributed by atoms with Crippen molar-refractivity contribution in [3.05, 3.63) is 33.9 Å². The molecule has 0 aromatic heterocycles. The lowest BCUT2D eigenvalue weighted by molar-refractivity contribution is -0.384. The molecule has 2 rings (SSSR count). The first-order chi connectivity index (χ1) is 8.56. The van der Waals surface area contributed by atoms with Gasteiger partial charge in [0.05, 0.1) is 11.5 Å². The van der Waals surface area contributed by atoms with Crippen LogP contribution in [0, 0.1) is 17.0 Å². The minimum absolute atomic E-state index is 0.0192. The second-order valence-electron chi connectivity index (χ2n) is 4.45. The van der Waals surface area contributed by atoms with Crippen molar-refractivity contribution < 1.29 is 9.72 Å². The maximum absolute atomic E-state index is 11.5. The summed E-state index contributed by atoms with van der Waals surface area (Å²) in [5.41, 5.74) is 1.51. The van der Waals surface area contributed by atoms with Crippen molar-refractivity contribution in [2.24, 2.45) is 0 Å². The number of hydrogen-bond donors (Lipinski definition) is 2. The molecule has 0 unspecified atom stereocenters. The molecule has 0 heterocycles.